The molecule has 4 rings (SSSR count). The van der Waals surface area contributed by atoms with Gasteiger partial charge in [0.05, 0.1) is 17.8 Å². The van der Waals surface area contributed by atoms with Gasteiger partial charge in [-0.25, -0.2) is 14.2 Å². The Morgan fingerprint density at radius 1 is 1.33 bits per heavy atom. The lowest BCUT2D eigenvalue weighted by Gasteiger charge is -2.11. The Morgan fingerprint density at radius 3 is 2.93 bits per heavy atom. The van der Waals surface area contributed by atoms with Crippen molar-refractivity contribution in [1.82, 2.24) is 24.8 Å². The van der Waals surface area contributed by atoms with E-state index in [1.54, 1.807) is 0 Å². The van der Waals surface area contributed by atoms with Crippen molar-refractivity contribution in [1.29, 1.82) is 0 Å². The van der Waals surface area contributed by atoms with Crippen molar-refractivity contribution in [2.24, 2.45) is 5.92 Å². The van der Waals surface area contributed by atoms with E-state index in [0.29, 0.717) is 23.0 Å². The molecule has 142 valence electrons. The highest BCUT2D eigenvalue weighted by atomic mass is 35.5. The summed E-state index contributed by atoms with van der Waals surface area (Å²) in [5.74, 6) is 0.281. The summed E-state index contributed by atoms with van der Waals surface area (Å²) >= 11 is 11.9. The number of rotatable bonds is 5. The zero-order valence-corrected chi connectivity index (χ0v) is 15.7. The number of H-pyrrole nitrogens is 1. The van der Waals surface area contributed by atoms with Gasteiger partial charge in [-0.2, -0.15) is 4.98 Å². The lowest BCUT2D eigenvalue weighted by atomic mass is 10.1. The number of aromatic nitrogens is 4. The summed E-state index contributed by atoms with van der Waals surface area (Å²) in [7, 11) is 0. The lowest BCUT2D eigenvalue weighted by Crippen LogP contribution is -2.20. The van der Waals surface area contributed by atoms with Gasteiger partial charge in [0.1, 0.15) is 11.3 Å². The number of imidazole rings is 1. The highest BCUT2D eigenvalue weighted by molar-refractivity contribution is 6.33. The molecule has 1 aromatic carbocycles. The second-order valence-corrected chi connectivity index (χ2v) is 7.32. The fourth-order valence-corrected chi connectivity index (χ4v) is 3.56. The number of aromatic amines is 1. The maximum absolute atomic E-state index is 14.4. The van der Waals surface area contributed by atoms with Crippen LogP contribution in [0.4, 0.5) is 10.3 Å². The van der Waals surface area contributed by atoms with Crippen molar-refractivity contribution < 1.29 is 4.39 Å². The molecular weight excluding hydrogens is 394 g/mol. The van der Waals surface area contributed by atoms with Gasteiger partial charge in [0, 0.05) is 17.1 Å². The van der Waals surface area contributed by atoms with E-state index in [4.69, 9.17) is 23.2 Å². The van der Waals surface area contributed by atoms with Crippen LogP contribution in [-0.4, -0.2) is 39.2 Å². The van der Waals surface area contributed by atoms with Gasteiger partial charge in [0.25, 0.3) is 0 Å². The fourth-order valence-electron chi connectivity index (χ4n) is 3.17. The molecule has 0 spiro atoms. The molecule has 27 heavy (non-hydrogen) atoms. The van der Waals surface area contributed by atoms with Crippen LogP contribution in [0.5, 0.6) is 0 Å². The molecule has 1 atom stereocenters. The molecule has 0 saturated carbocycles. The van der Waals surface area contributed by atoms with Crippen LogP contribution in [0.2, 0.25) is 10.0 Å². The van der Waals surface area contributed by atoms with E-state index in [-0.39, 0.29) is 22.2 Å². The number of hydrogen-bond acceptors (Lipinski definition) is 5. The number of nitrogens with one attached hydrogen (secondary N) is 3. The first-order valence-electron chi connectivity index (χ1n) is 8.55. The minimum Gasteiger partial charge on any atom is -0.354 e. The Balaban J connectivity index is 1.66. The van der Waals surface area contributed by atoms with Crippen LogP contribution in [0.3, 0.4) is 0 Å². The van der Waals surface area contributed by atoms with Crippen molar-refractivity contribution in [2.45, 2.75) is 13.0 Å². The van der Waals surface area contributed by atoms with Crippen molar-refractivity contribution in [3.63, 3.8) is 0 Å². The van der Waals surface area contributed by atoms with Crippen LogP contribution in [0, 0.1) is 11.7 Å². The van der Waals surface area contributed by atoms with E-state index < -0.39 is 11.5 Å². The minimum absolute atomic E-state index is 0.0514. The molecule has 3 heterocycles. The molecule has 1 aliphatic heterocycles. The van der Waals surface area contributed by atoms with Gasteiger partial charge >= 0.3 is 5.69 Å². The second-order valence-electron chi connectivity index (χ2n) is 6.51. The molecule has 1 aliphatic rings. The molecule has 0 unspecified atom stereocenters. The van der Waals surface area contributed by atoms with Crippen molar-refractivity contribution in [2.75, 3.05) is 25.0 Å². The van der Waals surface area contributed by atoms with Crippen LogP contribution < -0.4 is 16.3 Å². The van der Waals surface area contributed by atoms with Gasteiger partial charge in [-0.15, -0.1) is 0 Å². The molecule has 0 bridgehead atoms. The zero-order valence-electron chi connectivity index (χ0n) is 14.2. The number of hydrogen-bond donors (Lipinski definition) is 3. The van der Waals surface area contributed by atoms with Crippen LogP contribution in [0.15, 0.2) is 23.1 Å². The zero-order chi connectivity index (χ0) is 19.0. The maximum atomic E-state index is 14.4. The molecule has 0 radical (unpaired) electrons. The molecule has 1 fully saturated rings. The first-order valence-corrected chi connectivity index (χ1v) is 9.31. The molecule has 2 aromatic heterocycles. The van der Waals surface area contributed by atoms with E-state index in [2.05, 4.69) is 25.6 Å². The Hall–Kier alpha value is -2.16. The van der Waals surface area contributed by atoms with Gasteiger partial charge in [0.2, 0.25) is 5.95 Å². The van der Waals surface area contributed by atoms with E-state index in [9.17, 15) is 9.18 Å². The van der Waals surface area contributed by atoms with Crippen LogP contribution >= 0.6 is 23.2 Å². The summed E-state index contributed by atoms with van der Waals surface area (Å²) in [5.41, 5.74) is 0.549. The van der Waals surface area contributed by atoms with Gasteiger partial charge in [-0.3, -0.25) is 4.57 Å². The summed E-state index contributed by atoms with van der Waals surface area (Å²) in [5, 5.41) is 6.64. The fraction of sp³-hybridized carbons (Fsp3) is 0.353. The quantitative estimate of drug-likeness (QED) is 0.562. The van der Waals surface area contributed by atoms with Gasteiger partial charge < -0.3 is 15.6 Å². The van der Waals surface area contributed by atoms with Gasteiger partial charge in [0.15, 0.2) is 5.65 Å². The predicted molar refractivity (Wildman–Crippen MR) is 103 cm³/mol. The third kappa shape index (κ3) is 3.65. The summed E-state index contributed by atoms with van der Waals surface area (Å²) in [6.07, 6.45) is 2.63. The molecule has 1 saturated heterocycles. The molecule has 0 amide bonds. The third-order valence-corrected chi connectivity index (χ3v) is 5.32. The van der Waals surface area contributed by atoms with E-state index in [1.807, 2.05) is 0 Å². The number of nitrogens with zero attached hydrogens (tertiary/aromatic N) is 3. The monoisotopic (exact) mass is 410 g/mol. The third-order valence-electron chi connectivity index (χ3n) is 4.68. The molecule has 7 nitrogen and oxygen atoms in total. The molecule has 0 aliphatic carbocycles. The lowest BCUT2D eigenvalue weighted by molar-refractivity contribution is 0.599. The van der Waals surface area contributed by atoms with Gasteiger partial charge in [-0.1, -0.05) is 23.2 Å². The number of fused-ring (bicyclic) bond motifs is 1. The standard InChI is InChI=1S/C17H17Cl2FN6O/c18-11-1-2-12(19)14(20)10(11)8-26-15-13(24-17(26)27)7-23-16(25-15)22-6-9-3-4-21-5-9/h1-2,7,9,21H,3-6,8H2,(H,24,27)(H,22,23,25)/t9-/m1/s1. The molecule has 3 aromatic rings. The summed E-state index contributed by atoms with van der Waals surface area (Å²) < 4.78 is 15.7. The van der Waals surface area contributed by atoms with E-state index >= 15 is 0 Å². The first kappa shape index (κ1) is 18.2. The highest BCUT2D eigenvalue weighted by Gasteiger charge is 2.18. The number of anilines is 1. The molecule has 10 heteroatoms. The summed E-state index contributed by atoms with van der Waals surface area (Å²) in [6, 6.07) is 2.88. The van der Waals surface area contributed by atoms with Crippen LogP contribution in [0.25, 0.3) is 11.2 Å². The topological polar surface area (TPSA) is 87.6 Å². The largest absolute Gasteiger partial charge is 0.354 e. The number of halogens is 3. The Kier molecular flexibility index (Phi) is 5.03. The maximum Gasteiger partial charge on any atom is 0.328 e. The highest BCUT2D eigenvalue weighted by Crippen LogP contribution is 2.26. The Labute approximate surface area is 163 Å². The van der Waals surface area contributed by atoms with Crippen LogP contribution in [-0.2, 0) is 6.54 Å². The van der Waals surface area contributed by atoms with E-state index in [0.717, 1.165) is 26.1 Å². The average molecular weight is 411 g/mol. The smallest absolute Gasteiger partial charge is 0.328 e. The van der Waals surface area contributed by atoms with Gasteiger partial charge in [-0.05, 0) is 37.6 Å². The Bertz CT molecular complexity index is 1040. The summed E-state index contributed by atoms with van der Waals surface area (Å²) in [6.45, 7) is 2.61. The first-order chi connectivity index (χ1) is 13.0. The molecular formula is C17H17Cl2FN6O. The normalized spacial score (nSPS) is 16.9. The summed E-state index contributed by atoms with van der Waals surface area (Å²) in [4.78, 5) is 23.7. The minimum atomic E-state index is -0.647. The van der Waals surface area contributed by atoms with Crippen LogP contribution in [0.1, 0.15) is 12.0 Å². The number of benzene rings is 1. The van der Waals surface area contributed by atoms with Crippen molar-refractivity contribution in [3.05, 3.63) is 50.2 Å². The SMILES string of the molecule is O=c1[nH]c2cnc(NC[C@@H]3CCNC3)nc2n1Cc1c(Cl)ccc(Cl)c1F. The van der Waals surface area contributed by atoms with E-state index in [1.165, 1.54) is 22.9 Å². The Morgan fingerprint density at radius 2 is 2.15 bits per heavy atom. The molecule has 3 N–H and O–H groups in total. The second kappa shape index (κ2) is 7.46. The van der Waals surface area contributed by atoms with Crippen molar-refractivity contribution >= 4 is 40.3 Å². The average Bonchev–Trinajstić information content (AvgIpc) is 3.28. The predicted octanol–water partition coefficient (Wildman–Crippen LogP) is 2.64. The van der Waals surface area contributed by atoms with Crippen molar-refractivity contribution in [3.8, 4) is 0 Å².